The van der Waals surface area contributed by atoms with Gasteiger partial charge in [-0.3, -0.25) is 19.3 Å². The number of aliphatic hydroxyl groups excluding tert-OH is 2. The van der Waals surface area contributed by atoms with Gasteiger partial charge in [0.15, 0.2) is 11.4 Å². The number of ether oxygens (including phenoxy) is 2. The molecule has 4 rings (SSSR count). The zero-order valence-corrected chi connectivity index (χ0v) is 24.5. The summed E-state index contributed by atoms with van der Waals surface area (Å²) < 4.78 is 10.8. The maximum Gasteiger partial charge on any atom is 0.514 e. The van der Waals surface area contributed by atoms with Crippen LogP contribution in [0.3, 0.4) is 0 Å². The second-order valence-corrected chi connectivity index (χ2v) is 12.6. The molecule has 0 spiro atoms. The molecule has 1 aromatic carbocycles. The highest BCUT2D eigenvalue weighted by atomic mass is 16.7. The summed E-state index contributed by atoms with van der Waals surface area (Å²) in [6, 6.07) is 2.01. The smallest absolute Gasteiger partial charge is 0.508 e. The van der Waals surface area contributed by atoms with Gasteiger partial charge in [0.05, 0.1) is 11.6 Å². The Labute approximate surface area is 238 Å². The monoisotopic (exact) mass is 571 g/mol. The number of nitrogens with two attached hydrogens (primary N) is 1. The van der Waals surface area contributed by atoms with Crippen molar-refractivity contribution in [2.75, 3.05) is 33.1 Å². The van der Waals surface area contributed by atoms with Crippen molar-refractivity contribution in [2.24, 2.45) is 17.1 Å². The van der Waals surface area contributed by atoms with Gasteiger partial charge in [-0.25, -0.2) is 4.79 Å². The minimum atomic E-state index is -2.72. The van der Waals surface area contributed by atoms with Gasteiger partial charge in [0.1, 0.15) is 28.4 Å². The van der Waals surface area contributed by atoms with Crippen LogP contribution in [-0.2, 0) is 25.5 Å². The van der Waals surface area contributed by atoms with E-state index < -0.39 is 69.3 Å². The van der Waals surface area contributed by atoms with Crippen molar-refractivity contribution >= 4 is 35.1 Å². The molecule has 4 atom stereocenters. The summed E-state index contributed by atoms with van der Waals surface area (Å²) in [5.41, 5.74) is 0.902. The predicted octanol–water partition coefficient (Wildman–Crippen LogP) is 2.03. The third-order valence-corrected chi connectivity index (χ3v) is 8.04. The summed E-state index contributed by atoms with van der Waals surface area (Å²) in [7, 11) is 6.70. The number of carbonyl (C=O) groups is 4. The second kappa shape index (κ2) is 9.59. The predicted molar refractivity (Wildman–Crippen MR) is 148 cm³/mol. The average Bonchev–Trinajstić information content (AvgIpc) is 2.79. The highest BCUT2D eigenvalue weighted by Crippen LogP contribution is 2.58. The van der Waals surface area contributed by atoms with Crippen molar-refractivity contribution in [1.82, 2.24) is 4.90 Å². The standard InChI is InChI=1S/C29H37N3O9/c1-27(2,3)41-26(38)40-16-10-9-15(31(5)6)13-11-28(4)12-14-20(32(7)8)22(34)18(25(30)37)23(35)29(14,39)24(36)19(28)21(33)17(13)16/h9-10,14,20,33,35,39H,11-12H2,1-8H3,(H2,30,37)/t14-,20-,28-,29+/m0/s1. The summed E-state index contributed by atoms with van der Waals surface area (Å²) in [5.74, 6) is -6.11. The Bertz CT molecular complexity index is 1440. The van der Waals surface area contributed by atoms with Gasteiger partial charge in [-0.05, 0) is 65.4 Å². The van der Waals surface area contributed by atoms with Gasteiger partial charge in [0, 0.05) is 36.7 Å². The van der Waals surface area contributed by atoms with Crippen LogP contribution >= 0.6 is 0 Å². The fourth-order valence-corrected chi connectivity index (χ4v) is 6.45. The van der Waals surface area contributed by atoms with Crippen molar-refractivity contribution in [3.05, 3.63) is 40.2 Å². The van der Waals surface area contributed by atoms with Gasteiger partial charge in [-0.15, -0.1) is 0 Å². The molecule has 5 N–H and O–H groups in total. The number of hydrogen-bond acceptors (Lipinski definition) is 11. The molecule has 0 bridgehead atoms. The first-order valence-electron chi connectivity index (χ1n) is 13.2. The van der Waals surface area contributed by atoms with E-state index in [0.29, 0.717) is 11.3 Å². The molecular weight excluding hydrogens is 534 g/mol. The lowest BCUT2D eigenvalue weighted by molar-refractivity contribution is -0.156. The fourth-order valence-electron chi connectivity index (χ4n) is 6.45. The molecule has 1 fully saturated rings. The van der Waals surface area contributed by atoms with Crippen LogP contribution in [0.15, 0.2) is 29.0 Å². The molecule has 3 aliphatic rings. The summed E-state index contributed by atoms with van der Waals surface area (Å²) in [6.07, 6.45) is -0.896. The zero-order valence-electron chi connectivity index (χ0n) is 24.5. The maximum absolute atomic E-state index is 14.2. The normalized spacial score (nSPS) is 27.8. The molecule has 0 unspecified atom stereocenters. The van der Waals surface area contributed by atoms with Gasteiger partial charge >= 0.3 is 6.16 Å². The lowest BCUT2D eigenvalue weighted by Gasteiger charge is -2.54. The average molecular weight is 572 g/mol. The van der Waals surface area contributed by atoms with Crippen LogP contribution in [-0.4, -0.2) is 89.3 Å². The van der Waals surface area contributed by atoms with E-state index in [0.717, 1.165) is 0 Å². The number of benzene rings is 1. The van der Waals surface area contributed by atoms with Crippen LogP contribution in [0.4, 0.5) is 10.5 Å². The van der Waals surface area contributed by atoms with Gasteiger partial charge in [0.2, 0.25) is 5.78 Å². The number of fused-ring (bicyclic) bond motifs is 3. The van der Waals surface area contributed by atoms with E-state index >= 15 is 0 Å². The molecule has 0 radical (unpaired) electrons. The number of primary amides is 1. The molecule has 0 aromatic heterocycles. The SMILES string of the molecule is CN(C)c1ccc(OC(=O)OC(C)(C)C)c2c1C[C@@]1(C)C[C@H]3[C@H](N(C)C)C(=O)C(C(N)=O)=C(O)[C@@]3(O)C(=O)C1=C2O. The number of anilines is 1. The number of carbonyl (C=O) groups excluding carboxylic acids is 4. The molecule has 222 valence electrons. The van der Waals surface area contributed by atoms with E-state index in [1.165, 1.54) is 11.0 Å². The van der Waals surface area contributed by atoms with Gasteiger partial charge in [-0.2, -0.15) is 0 Å². The van der Waals surface area contributed by atoms with E-state index in [9.17, 15) is 34.5 Å². The Kier molecular flexibility index (Phi) is 7.03. The van der Waals surface area contributed by atoms with E-state index in [1.807, 2.05) is 0 Å². The fraction of sp³-hybridized carbons (Fsp3) is 0.517. The lowest BCUT2D eigenvalue weighted by atomic mass is 9.52. The first-order valence-corrected chi connectivity index (χ1v) is 13.2. The first kappa shape index (κ1) is 30.1. The third-order valence-electron chi connectivity index (χ3n) is 8.04. The van der Waals surface area contributed by atoms with Crippen LogP contribution in [0, 0.1) is 11.3 Å². The number of amides is 1. The quantitative estimate of drug-likeness (QED) is 0.236. The minimum absolute atomic E-state index is 0.0250. The Morgan fingerprint density at radius 1 is 1.10 bits per heavy atom. The van der Waals surface area contributed by atoms with Crippen LogP contribution < -0.4 is 15.4 Å². The molecule has 1 aromatic rings. The van der Waals surface area contributed by atoms with E-state index in [1.54, 1.807) is 66.9 Å². The van der Waals surface area contributed by atoms with Crippen LogP contribution in [0.1, 0.15) is 45.2 Å². The number of Topliss-reactive ketones (excluding diaryl/α,β-unsaturated/α-hetero) is 2. The topological polar surface area (TPSA) is 180 Å². The van der Waals surface area contributed by atoms with Crippen LogP contribution in [0.5, 0.6) is 5.75 Å². The molecule has 0 heterocycles. The number of rotatable bonds is 4. The van der Waals surface area contributed by atoms with Crippen molar-refractivity contribution < 1.29 is 44.0 Å². The molecule has 41 heavy (non-hydrogen) atoms. The molecule has 12 heteroatoms. The van der Waals surface area contributed by atoms with Gasteiger partial charge < -0.3 is 35.4 Å². The van der Waals surface area contributed by atoms with Gasteiger partial charge in [0.25, 0.3) is 5.91 Å². The number of aliphatic hydroxyl groups is 3. The van der Waals surface area contributed by atoms with Gasteiger partial charge in [-0.1, -0.05) is 6.92 Å². The number of ketones is 2. The van der Waals surface area contributed by atoms with E-state index in [-0.39, 0.29) is 29.7 Å². The van der Waals surface area contributed by atoms with Crippen molar-refractivity contribution in [2.45, 2.75) is 57.8 Å². The summed E-state index contributed by atoms with van der Waals surface area (Å²) >= 11 is 0. The third kappa shape index (κ3) is 4.55. The lowest BCUT2D eigenvalue weighted by Crippen LogP contribution is -2.67. The molecule has 0 saturated heterocycles. The molecule has 0 aliphatic heterocycles. The summed E-state index contributed by atoms with van der Waals surface area (Å²) in [5, 5.41) is 34.7. The molecule has 3 aliphatic carbocycles. The summed E-state index contributed by atoms with van der Waals surface area (Å²) in [4.78, 5) is 55.6. The Hall–Kier alpha value is -3.90. The number of nitrogens with zero attached hydrogens (tertiary/aromatic N) is 2. The van der Waals surface area contributed by atoms with Crippen LogP contribution in [0.25, 0.3) is 5.76 Å². The van der Waals surface area contributed by atoms with Crippen LogP contribution in [0.2, 0.25) is 0 Å². The Morgan fingerprint density at radius 3 is 2.22 bits per heavy atom. The number of hydrogen-bond donors (Lipinski definition) is 4. The zero-order chi connectivity index (χ0) is 31.0. The molecule has 1 saturated carbocycles. The van der Waals surface area contributed by atoms with E-state index in [4.69, 9.17) is 15.2 Å². The Morgan fingerprint density at radius 2 is 1.71 bits per heavy atom. The Balaban J connectivity index is 1.99. The first-order chi connectivity index (χ1) is 18.8. The van der Waals surface area contributed by atoms with Crippen molar-refractivity contribution in [1.29, 1.82) is 0 Å². The second-order valence-electron chi connectivity index (χ2n) is 12.6. The van der Waals surface area contributed by atoms with E-state index in [2.05, 4.69) is 0 Å². The van der Waals surface area contributed by atoms with Crippen molar-refractivity contribution in [3.8, 4) is 5.75 Å². The highest BCUT2D eigenvalue weighted by Gasteiger charge is 2.66. The number of likely N-dealkylation sites (N-methyl/N-ethyl adjacent to an activating group) is 1. The molecule has 12 nitrogen and oxygen atoms in total. The maximum atomic E-state index is 14.2. The van der Waals surface area contributed by atoms with Crippen molar-refractivity contribution in [3.63, 3.8) is 0 Å². The largest absolute Gasteiger partial charge is 0.514 e. The summed E-state index contributed by atoms with van der Waals surface area (Å²) in [6.45, 7) is 6.72. The highest BCUT2D eigenvalue weighted by molar-refractivity contribution is 6.24. The minimum Gasteiger partial charge on any atom is -0.508 e. The molecule has 1 amide bonds. The molecular formula is C29H37N3O9.